The van der Waals surface area contributed by atoms with E-state index in [0.717, 1.165) is 5.56 Å². The van der Waals surface area contributed by atoms with Crippen LogP contribution in [0, 0.1) is 5.92 Å². The Morgan fingerprint density at radius 3 is 2.53 bits per heavy atom. The number of aromatic hydroxyl groups is 1. The Morgan fingerprint density at radius 1 is 1.19 bits per heavy atom. The Morgan fingerprint density at radius 2 is 1.88 bits per heavy atom. The average Bonchev–Trinajstić information content (AvgIpc) is 2.76. The SMILES string of the molecule is COC(=O)C[C@@H](c1ccccc1)c1c2c(c(O)c3c1O[C@H](C)[C@H](C)C3=O)C=CC(C)(C)O2. The molecule has 0 bridgehead atoms. The van der Waals surface area contributed by atoms with Crippen LogP contribution in [0.4, 0.5) is 0 Å². The summed E-state index contributed by atoms with van der Waals surface area (Å²) in [6, 6.07) is 9.51. The number of carbonyl (C=O) groups excluding carboxylic acids is 2. The van der Waals surface area contributed by atoms with Crippen molar-refractivity contribution in [2.24, 2.45) is 5.92 Å². The monoisotopic (exact) mass is 436 g/mol. The van der Waals surface area contributed by atoms with Crippen molar-refractivity contribution in [3.63, 3.8) is 0 Å². The lowest BCUT2D eigenvalue weighted by molar-refractivity contribution is -0.140. The number of hydrogen-bond donors (Lipinski definition) is 1. The third-order valence-corrected chi connectivity index (χ3v) is 6.29. The Hall–Kier alpha value is -3.28. The maximum Gasteiger partial charge on any atom is 0.306 e. The highest BCUT2D eigenvalue weighted by Crippen LogP contribution is 2.54. The lowest BCUT2D eigenvalue weighted by Gasteiger charge is -2.37. The van der Waals surface area contributed by atoms with Crippen LogP contribution in [0.1, 0.15) is 67.1 Å². The van der Waals surface area contributed by atoms with Gasteiger partial charge in [0, 0.05) is 11.5 Å². The number of benzene rings is 2. The van der Waals surface area contributed by atoms with Crippen LogP contribution in [0.25, 0.3) is 6.08 Å². The van der Waals surface area contributed by atoms with E-state index in [4.69, 9.17) is 14.2 Å². The van der Waals surface area contributed by atoms with Gasteiger partial charge in [0.15, 0.2) is 5.78 Å². The zero-order chi connectivity index (χ0) is 23.2. The summed E-state index contributed by atoms with van der Waals surface area (Å²) in [5.74, 6) is -0.963. The van der Waals surface area contributed by atoms with Crippen molar-refractivity contribution in [2.75, 3.05) is 7.11 Å². The van der Waals surface area contributed by atoms with Crippen LogP contribution in [0.15, 0.2) is 36.4 Å². The van der Waals surface area contributed by atoms with Crippen LogP contribution in [0.3, 0.4) is 0 Å². The van der Waals surface area contributed by atoms with Gasteiger partial charge in [-0.05, 0) is 38.5 Å². The molecule has 6 heteroatoms. The summed E-state index contributed by atoms with van der Waals surface area (Å²) in [6.07, 6.45) is 3.24. The van der Waals surface area contributed by atoms with Gasteiger partial charge < -0.3 is 19.3 Å². The molecule has 32 heavy (non-hydrogen) atoms. The van der Waals surface area contributed by atoms with Crippen molar-refractivity contribution in [2.45, 2.75) is 51.7 Å². The molecule has 2 aliphatic rings. The van der Waals surface area contributed by atoms with Gasteiger partial charge in [-0.15, -0.1) is 0 Å². The van der Waals surface area contributed by atoms with Gasteiger partial charge >= 0.3 is 5.97 Å². The largest absolute Gasteiger partial charge is 0.506 e. The van der Waals surface area contributed by atoms with Crippen molar-refractivity contribution in [3.8, 4) is 17.2 Å². The molecule has 1 N–H and O–H groups in total. The van der Waals surface area contributed by atoms with Crippen molar-refractivity contribution in [1.29, 1.82) is 0 Å². The molecule has 6 nitrogen and oxygen atoms in total. The maximum absolute atomic E-state index is 13.3. The molecule has 3 atom stereocenters. The fourth-order valence-electron chi connectivity index (χ4n) is 4.30. The third kappa shape index (κ3) is 3.64. The van der Waals surface area contributed by atoms with Gasteiger partial charge in [0.25, 0.3) is 0 Å². The summed E-state index contributed by atoms with van der Waals surface area (Å²) >= 11 is 0. The molecular formula is C26H28O6. The molecule has 0 fully saturated rings. The van der Waals surface area contributed by atoms with Gasteiger partial charge in [-0.2, -0.15) is 0 Å². The summed E-state index contributed by atoms with van der Waals surface area (Å²) in [5.41, 5.74) is 1.35. The summed E-state index contributed by atoms with van der Waals surface area (Å²) < 4.78 is 17.5. The highest BCUT2D eigenvalue weighted by Gasteiger charge is 2.42. The van der Waals surface area contributed by atoms with Gasteiger partial charge in [0.05, 0.1) is 25.0 Å². The standard InChI is InChI=1S/C26H28O6/c1-14-15(2)31-25-20(18(13-19(27)30-5)16-9-7-6-8-10-16)24-17(11-12-26(3,4)32-24)23(29)21(25)22(14)28/h6-12,14-15,18,29H,13H2,1-5H3/t14-,15+,18-/m0/s1. The fourth-order valence-corrected chi connectivity index (χ4v) is 4.30. The lowest BCUT2D eigenvalue weighted by Crippen LogP contribution is -2.36. The number of fused-ring (bicyclic) bond motifs is 2. The van der Waals surface area contributed by atoms with E-state index in [0.29, 0.717) is 16.9 Å². The summed E-state index contributed by atoms with van der Waals surface area (Å²) in [5, 5.41) is 11.1. The molecule has 168 valence electrons. The topological polar surface area (TPSA) is 82.1 Å². The maximum atomic E-state index is 13.3. The van der Waals surface area contributed by atoms with E-state index in [9.17, 15) is 14.7 Å². The van der Waals surface area contributed by atoms with Crippen molar-refractivity contribution in [3.05, 3.63) is 58.7 Å². The normalized spacial score (nSPS) is 21.6. The van der Waals surface area contributed by atoms with E-state index in [-0.39, 0.29) is 29.3 Å². The minimum atomic E-state index is -0.646. The molecule has 0 unspecified atom stereocenters. The zero-order valence-corrected chi connectivity index (χ0v) is 19.0. The van der Waals surface area contributed by atoms with E-state index < -0.39 is 29.5 Å². The fraction of sp³-hybridized carbons (Fsp3) is 0.385. The molecular weight excluding hydrogens is 408 g/mol. The van der Waals surface area contributed by atoms with Gasteiger partial charge in [0.1, 0.15) is 34.5 Å². The first-order chi connectivity index (χ1) is 15.1. The van der Waals surface area contributed by atoms with E-state index in [1.807, 2.05) is 57.2 Å². The minimum Gasteiger partial charge on any atom is -0.506 e. The molecule has 0 aliphatic carbocycles. The predicted octanol–water partition coefficient (Wildman–Crippen LogP) is 4.87. The first-order valence-corrected chi connectivity index (χ1v) is 10.8. The molecule has 2 heterocycles. The first kappa shape index (κ1) is 21.9. The third-order valence-electron chi connectivity index (χ3n) is 6.29. The highest BCUT2D eigenvalue weighted by molar-refractivity contribution is 6.06. The Bertz CT molecular complexity index is 1100. The number of phenolic OH excluding ortho intramolecular Hbond substituents is 1. The molecule has 0 aromatic heterocycles. The molecule has 0 saturated carbocycles. The lowest BCUT2D eigenvalue weighted by atomic mass is 9.80. The average molecular weight is 437 g/mol. The van der Waals surface area contributed by atoms with E-state index in [1.165, 1.54) is 7.11 Å². The number of esters is 1. The number of phenols is 1. The Balaban J connectivity index is 2.06. The van der Waals surface area contributed by atoms with Gasteiger partial charge in [-0.25, -0.2) is 0 Å². The smallest absolute Gasteiger partial charge is 0.306 e. The summed E-state index contributed by atoms with van der Waals surface area (Å²) in [6.45, 7) is 7.42. The second kappa shape index (κ2) is 8.01. The highest BCUT2D eigenvalue weighted by atomic mass is 16.5. The number of carbonyl (C=O) groups is 2. The number of ketones is 1. The molecule has 0 radical (unpaired) electrons. The van der Waals surface area contributed by atoms with Crippen LogP contribution in [0.5, 0.6) is 17.2 Å². The predicted molar refractivity (Wildman–Crippen MR) is 120 cm³/mol. The number of hydrogen-bond acceptors (Lipinski definition) is 6. The summed E-state index contributed by atoms with van der Waals surface area (Å²) in [4.78, 5) is 25.7. The van der Waals surface area contributed by atoms with Crippen LogP contribution >= 0.6 is 0 Å². The first-order valence-electron chi connectivity index (χ1n) is 10.8. The van der Waals surface area contributed by atoms with Crippen LogP contribution < -0.4 is 9.47 Å². The quantitative estimate of drug-likeness (QED) is 0.689. The van der Waals surface area contributed by atoms with E-state index in [1.54, 1.807) is 13.0 Å². The van der Waals surface area contributed by atoms with E-state index in [2.05, 4.69) is 0 Å². The van der Waals surface area contributed by atoms with Gasteiger partial charge in [-0.3, -0.25) is 9.59 Å². The molecule has 0 amide bonds. The number of ether oxygens (including phenoxy) is 3. The van der Waals surface area contributed by atoms with E-state index >= 15 is 0 Å². The van der Waals surface area contributed by atoms with Crippen LogP contribution in [-0.2, 0) is 9.53 Å². The number of methoxy groups -OCH3 is 1. The van der Waals surface area contributed by atoms with Crippen molar-refractivity contribution < 1.29 is 28.9 Å². The van der Waals surface area contributed by atoms with Crippen LogP contribution in [-0.4, -0.2) is 35.7 Å². The molecule has 0 saturated heterocycles. The molecule has 2 aliphatic heterocycles. The number of rotatable bonds is 4. The van der Waals surface area contributed by atoms with Crippen LogP contribution in [0.2, 0.25) is 0 Å². The minimum absolute atomic E-state index is 0.0269. The second-order valence-electron chi connectivity index (χ2n) is 8.97. The Kier molecular flexibility index (Phi) is 5.49. The summed E-state index contributed by atoms with van der Waals surface area (Å²) in [7, 11) is 1.35. The Labute approximate surface area is 187 Å². The number of Topliss-reactive ketones (excluding diaryl/α,β-unsaturated/α-hetero) is 1. The van der Waals surface area contributed by atoms with Crippen molar-refractivity contribution >= 4 is 17.8 Å². The molecule has 2 aromatic rings. The van der Waals surface area contributed by atoms with Gasteiger partial charge in [0.2, 0.25) is 0 Å². The zero-order valence-electron chi connectivity index (χ0n) is 19.0. The second-order valence-corrected chi connectivity index (χ2v) is 8.97. The van der Waals surface area contributed by atoms with Gasteiger partial charge in [-0.1, -0.05) is 37.3 Å². The molecule has 4 rings (SSSR count). The molecule has 2 aromatic carbocycles. The van der Waals surface area contributed by atoms with Crippen molar-refractivity contribution in [1.82, 2.24) is 0 Å². The molecule has 0 spiro atoms.